The van der Waals surface area contributed by atoms with Crippen molar-refractivity contribution in [2.45, 2.75) is 33.2 Å². The van der Waals surface area contributed by atoms with Crippen LogP contribution in [0.2, 0.25) is 0 Å². The van der Waals surface area contributed by atoms with E-state index in [-0.39, 0.29) is 18.7 Å². The molecule has 37 heavy (non-hydrogen) atoms. The zero-order valence-electron chi connectivity index (χ0n) is 22.5. The first kappa shape index (κ1) is 28.1. The molecule has 2 heterocycles. The SMILES string of the molecule is CCCNC(=O)N1CCN(CC2=C(C(=O)OCC)[C@@H](c3ccc(OC)c(OC)c3)NC(=O)N2CC)CC1. The van der Waals surface area contributed by atoms with Crippen LogP contribution in [0.25, 0.3) is 0 Å². The van der Waals surface area contributed by atoms with E-state index >= 15 is 0 Å². The minimum atomic E-state index is -0.717. The smallest absolute Gasteiger partial charge is 0.338 e. The van der Waals surface area contributed by atoms with Gasteiger partial charge in [-0.15, -0.1) is 0 Å². The second-order valence-electron chi connectivity index (χ2n) is 8.82. The maximum atomic E-state index is 13.3. The fourth-order valence-electron chi connectivity index (χ4n) is 4.60. The Hall–Kier alpha value is -3.47. The van der Waals surface area contributed by atoms with Crippen molar-refractivity contribution in [1.29, 1.82) is 0 Å². The molecule has 3 rings (SSSR count). The summed E-state index contributed by atoms with van der Waals surface area (Å²) in [6, 6.07) is 4.24. The Balaban J connectivity index is 1.94. The molecule has 204 valence electrons. The first-order valence-electron chi connectivity index (χ1n) is 12.8. The molecule has 0 unspecified atom stereocenters. The molecule has 1 saturated heterocycles. The van der Waals surface area contributed by atoms with Crippen LogP contribution in [0.3, 0.4) is 0 Å². The molecule has 0 saturated carbocycles. The van der Waals surface area contributed by atoms with Crippen LogP contribution in [0.5, 0.6) is 11.5 Å². The molecule has 11 nitrogen and oxygen atoms in total. The van der Waals surface area contributed by atoms with Gasteiger partial charge in [-0.2, -0.15) is 0 Å². The molecule has 1 fully saturated rings. The molecule has 1 atom stereocenters. The second kappa shape index (κ2) is 13.2. The standard InChI is InChI=1S/C26H39N5O6/c1-6-11-27-25(33)30-14-12-29(13-15-30)17-19-22(24(32)37-8-3)23(28-26(34)31(19)7-2)18-9-10-20(35-4)21(16-18)36-5/h9-10,16,23H,6-8,11-15,17H2,1-5H3,(H,27,33)(H,28,34)/t23-/m1/s1. The van der Waals surface area contributed by atoms with Gasteiger partial charge >= 0.3 is 18.0 Å². The molecule has 2 N–H and O–H groups in total. The van der Waals surface area contributed by atoms with Crippen molar-refractivity contribution >= 4 is 18.0 Å². The van der Waals surface area contributed by atoms with Gasteiger partial charge in [-0.05, 0) is 38.0 Å². The zero-order valence-corrected chi connectivity index (χ0v) is 22.5. The topological polar surface area (TPSA) is 113 Å². The summed E-state index contributed by atoms with van der Waals surface area (Å²) in [5.41, 5.74) is 1.67. The zero-order chi connectivity index (χ0) is 26.9. The predicted molar refractivity (Wildman–Crippen MR) is 139 cm³/mol. The summed E-state index contributed by atoms with van der Waals surface area (Å²) in [5, 5.41) is 5.89. The van der Waals surface area contributed by atoms with Crippen molar-refractivity contribution < 1.29 is 28.6 Å². The quantitative estimate of drug-likeness (QED) is 0.458. The molecule has 0 radical (unpaired) electrons. The molecule has 2 aliphatic rings. The molecule has 4 amide bonds. The second-order valence-corrected chi connectivity index (χ2v) is 8.82. The number of likely N-dealkylation sites (N-methyl/N-ethyl adjacent to an activating group) is 1. The number of ether oxygens (including phenoxy) is 3. The van der Waals surface area contributed by atoms with Crippen LogP contribution in [0.1, 0.15) is 38.8 Å². The highest BCUT2D eigenvalue weighted by molar-refractivity contribution is 5.95. The molecule has 1 aromatic rings. The molecule has 0 aliphatic carbocycles. The van der Waals surface area contributed by atoms with Gasteiger partial charge in [0.15, 0.2) is 11.5 Å². The molecule has 11 heteroatoms. The number of nitrogens with one attached hydrogen (secondary N) is 2. The van der Waals surface area contributed by atoms with Crippen LogP contribution in [-0.2, 0) is 9.53 Å². The van der Waals surface area contributed by atoms with E-state index in [2.05, 4.69) is 15.5 Å². The summed E-state index contributed by atoms with van der Waals surface area (Å²) in [4.78, 5) is 44.4. The largest absolute Gasteiger partial charge is 0.493 e. The third-order valence-electron chi connectivity index (χ3n) is 6.55. The van der Waals surface area contributed by atoms with E-state index in [0.29, 0.717) is 74.1 Å². The summed E-state index contributed by atoms with van der Waals surface area (Å²) in [5.74, 6) is 0.564. The van der Waals surface area contributed by atoms with E-state index in [4.69, 9.17) is 14.2 Å². The first-order valence-corrected chi connectivity index (χ1v) is 12.8. The molecule has 1 aromatic carbocycles. The number of piperazine rings is 1. The van der Waals surface area contributed by atoms with Gasteiger partial charge in [0.25, 0.3) is 0 Å². The summed E-state index contributed by atoms with van der Waals surface area (Å²) < 4.78 is 16.3. The fraction of sp³-hybridized carbons (Fsp3) is 0.577. The Morgan fingerprint density at radius 1 is 1.05 bits per heavy atom. The maximum Gasteiger partial charge on any atom is 0.338 e. The van der Waals surface area contributed by atoms with Crippen molar-refractivity contribution in [2.75, 3.05) is 66.6 Å². The lowest BCUT2D eigenvalue weighted by molar-refractivity contribution is -0.139. The minimum absolute atomic E-state index is 0.0614. The summed E-state index contributed by atoms with van der Waals surface area (Å²) in [6.45, 7) is 9.64. The highest BCUT2D eigenvalue weighted by Gasteiger charge is 2.39. The van der Waals surface area contributed by atoms with Crippen LogP contribution in [0.4, 0.5) is 9.59 Å². The van der Waals surface area contributed by atoms with Crippen LogP contribution in [0.15, 0.2) is 29.5 Å². The monoisotopic (exact) mass is 517 g/mol. The molecule has 0 aromatic heterocycles. The number of methoxy groups -OCH3 is 2. The van der Waals surface area contributed by atoms with Crippen LogP contribution in [-0.4, -0.2) is 99.4 Å². The van der Waals surface area contributed by atoms with Crippen LogP contribution in [0, 0.1) is 0 Å². The van der Waals surface area contributed by atoms with E-state index in [1.807, 2.05) is 13.8 Å². The van der Waals surface area contributed by atoms with Crippen molar-refractivity contribution in [3.63, 3.8) is 0 Å². The van der Waals surface area contributed by atoms with Crippen molar-refractivity contribution in [2.24, 2.45) is 0 Å². The lowest BCUT2D eigenvalue weighted by Crippen LogP contribution is -2.55. The lowest BCUT2D eigenvalue weighted by Gasteiger charge is -2.40. The highest BCUT2D eigenvalue weighted by Crippen LogP contribution is 2.36. The van der Waals surface area contributed by atoms with E-state index < -0.39 is 12.0 Å². The Morgan fingerprint density at radius 2 is 1.76 bits per heavy atom. The average molecular weight is 518 g/mol. The highest BCUT2D eigenvalue weighted by atomic mass is 16.5. The summed E-state index contributed by atoms with van der Waals surface area (Å²) >= 11 is 0. The van der Waals surface area contributed by atoms with E-state index in [9.17, 15) is 14.4 Å². The van der Waals surface area contributed by atoms with E-state index in [1.165, 1.54) is 7.11 Å². The maximum absolute atomic E-state index is 13.3. The van der Waals surface area contributed by atoms with Gasteiger partial charge in [0.1, 0.15) is 0 Å². The third-order valence-corrected chi connectivity index (χ3v) is 6.55. The van der Waals surface area contributed by atoms with Crippen molar-refractivity contribution in [3.05, 3.63) is 35.0 Å². The van der Waals surface area contributed by atoms with Crippen molar-refractivity contribution in [1.82, 2.24) is 25.3 Å². The number of carbonyl (C=O) groups excluding carboxylic acids is 3. The number of hydrogen-bond acceptors (Lipinski definition) is 7. The Bertz CT molecular complexity index is 1010. The van der Waals surface area contributed by atoms with Gasteiger partial charge in [0, 0.05) is 51.5 Å². The molecule has 2 aliphatic heterocycles. The van der Waals surface area contributed by atoms with Crippen molar-refractivity contribution in [3.8, 4) is 11.5 Å². The van der Waals surface area contributed by atoms with E-state index in [1.54, 1.807) is 42.0 Å². The minimum Gasteiger partial charge on any atom is -0.493 e. The van der Waals surface area contributed by atoms with Gasteiger partial charge in [0.2, 0.25) is 0 Å². The Labute approximate surface area is 218 Å². The number of urea groups is 2. The normalized spacial score (nSPS) is 18.4. The van der Waals surface area contributed by atoms with Gasteiger partial charge in [0.05, 0.1) is 32.4 Å². The Kier molecular flexibility index (Phi) is 10.0. The fourth-order valence-corrected chi connectivity index (χ4v) is 4.60. The van der Waals surface area contributed by atoms with Gasteiger partial charge in [-0.1, -0.05) is 13.0 Å². The number of amides is 4. The van der Waals surface area contributed by atoms with Gasteiger partial charge < -0.3 is 29.7 Å². The Morgan fingerprint density at radius 3 is 2.35 bits per heavy atom. The van der Waals surface area contributed by atoms with Crippen LogP contribution >= 0.6 is 0 Å². The van der Waals surface area contributed by atoms with E-state index in [0.717, 1.165) is 6.42 Å². The number of esters is 1. The molecular formula is C26H39N5O6. The lowest BCUT2D eigenvalue weighted by atomic mass is 9.93. The average Bonchev–Trinajstić information content (AvgIpc) is 2.91. The first-order chi connectivity index (χ1) is 17.9. The van der Waals surface area contributed by atoms with Gasteiger partial charge in [-0.3, -0.25) is 9.80 Å². The molecular weight excluding hydrogens is 478 g/mol. The molecule has 0 spiro atoms. The van der Waals surface area contributed by atoms with Gasteiger partial charge in [-0.25, -0.2) is 14.4 Å². The third kappa shape index (κ3) is 6.46. The van der Waals surface area contributed by atoms with Crippen LogP contribution < -0.4 is 20.1 Å². The number of benzene rings is 1. The number of hydrogen-bond donors (Lipinski definition) is 2. The number of nitrogens with zero attached hydrogens (tertiary/aromatic N) is 3. The predicted octanol–water partition coefficient (Wildman–Crippen LogP) is 2.34. The summed E-state index contributed by atoms with van der Waals surface area (Å²) in [7, 11) is 3.09. The number of rotatable bonds is 10. The number of carbonyl (C=O) groups is 3. The summed E-state index contributed by atoms with van der Waals surface area (Å²) in [6.07, 6.45) is 0.882. The molecule has 0 bridgehead atoms.